The highest BCUT2D eigenvalue weighted by atomic mass is 32.2. The van der Waals surface area contributed by atoms with Crippen LogP contribution in [0.2, 0.25) is 0 Å². The Morgan fingerprint density at radius 3 is 1.27 bits per heavy atom. The number of hydrogen-bond acceptors (Lipinski definition) is 1. The number of benzene rings is 3. The van der Waals surface area contributed by atoms with Gasteiger partial charge in [-0.1, -0.05) is 54.1 Å². The third-order valence-electron chi connectivity index (χ3n) is 3.79. The first-order chi connectivity index (χ1) is 10.6. The van der Waals surface area contributed by atoms with Crippen molar-refractivity contribution in [2.24, 2.45) is 0 Å². The number of hydrogen-bond donors (Lipinski definition) is 0. The Balaban J connectivity index is 1.86. The van der Waals surface area contributed by atoms with Gasteiger partial charge in [-0.25, -0.2) is 0 Å². The molecule has 0 aliphatic heterocycles. The molecule has 22 heavy (non-hydrogen) atoms. The van der Waals surface area contributed by atoms with Crippen LogP contribution in [0.1, 0.15) is 5.56 Å². The fraction of sp³-hybridized carbons (Fsp3) is 0.100. The summed E-state index contributed by atoms with van der Waals surface area (Å²) in [6.45, 7) is 2.10. The SMILES string of the molecule is Cc1ccc(-c2ccc(-c3ccc([S+](C)[O-])cc3)cc2)cc1. The molecule has 0 aliphatic carbocycles. The van der Waals surface area contributed by atoms with E-state index in [1.54, 1.807) is 6.26 Å². The van der Waals surface area contributed by atoms with Crippen LogP contribution in [0.5, 0.6) is 0 Å². The lowest BCUT2D eigenvalue weighted by atomic mass is 10.00. The summed E-state index contributed by atoms with van der Waals surface area (Å²) in [6, 6.07) is 25.0. The molecule has 0 amide bonds. The minimum atomic E-state index is -0.924. The topological polar surface area (TPSA) is 23.1 Å². The van der Waals surface area contributed by atoms with Crippen molar-refractivity contribution in [2.45, 2.75) is 11.8 Å². The van der Waals surface area contributed by atoms with Crippen molar-refractivity contribution in [3.8, 4) is 22.3 Å². The van der Waals surface area contributed by atoms with Crippen molar-refractivity contribution in [3.63, 3.8) is 0 Å². The molecule has 0 aromatic heterocycles. The smallest absolute Gasteiger partial charge is 0.152 e. The zero-order valence-corrected chi connectivity index (χ0v) is 13.6. The first-order valence-corrected chi connectivity index (χ1v) is 8.80. The van der Waals surface area contributed by atoms with Gasteiger partial charge in [-0.15, -0.1) is 0 Å². The molecule has 0 radical (unpaired) electrons. The molecular weight excluding hydrogens is 288 g/mol. The zero-order chi connectivity index (χ0) is 15.5. The highest BCUT2D eigenvalue weighted by molar-refractivity contribution is 7.90. The molecule has 0 fully saturated rings. The van der Waals surface area contributed by atoms with Crippen LogP contribution in [0.15, 0.2) is 77.7 Å². The standard InChI is InChI=1S/C20H18OS/c1-15-3-5-16(6-4-15)17-7-9-18(10-8-17)19-11-13-20(14-12-19)22(2)21/h3-14H,1-2H3. The first kappa shape index (κ1) is 14.9. The number of aryl methyl sites for hydroxylation is 1. The van der Waals surface area contributed by atoms with Gasteiger partial charge in [0.1, 0.15) is 6.26 Å². The average Bonchev–Trinajstić information content (AvgIpc) is 2.56. The van der Waals surface area contributed by atoms with E-state index in [0.717, 1.165) is 10.5 Å². The highest BCUT2D eigenvalue weighted by Crippen LogP contribution is 2.26. The molecule has 110 valence electrons. The van der Waals surface area contributed by atoms with Gasteiger partial charge in [-0.3, -0.25) is 0 Å². The van der Waals surface area contributed by atoms with E-state index < -0.39 is 11.2 Å². The van der Waals surface area contributed by atoms with Gasteiger partial charge < -0.3 is 4.55 Å². The van der Waals surface area contributed by atoms with Crippen molar-refractivity contribution in [2.75, 3.05) is 6.26 Å². The normalized spacial score (nSPS) is 12.1. The van der Waals surface area contributed by atoms with Gasteiger partial charge in [-0.05, 0) is 64.6 Å². The quantitative estimate of drug-likeness (QED) is 0.620. The van der Waals surface area contributed by atoms with E-state index >= 15 is 0 Å². The predicted octanol–water partition coefficient (Wildman–Crippen LogP) is 5.07. The van der Waals surface area contributed by atoms with Crippen molar-refractivity contribution < 1.29 is 4.55 Å². The van der Waals surface area contributed by atoms with Crippen LogP contribution in [0.3, 0.4) is 0 Å². The second-order valence-electron chi connectivity index (χ2n) is 5.42. The molecule has 0 N–H and O–H groups in total. The molecule has 3 rings (SSSR count). The van der Waals surface area contributed by atoms with Gasteiger partial charge in [0.15, 0.2) is 4.90 Å². The summed E-state index contributed by atoms with van der Waals surface area (Å²) in [5, 5.41) is 0. The van der Waals surface area contributed by atoms with Crippen molar-refractivity contribution >= 4 is 11.2 Å². The van der Waals surface area contributed by atoms with Gasteiger partial charge >= 0.3 is 0 Å². The fourth-order valence-corrected chi connectivity index (χ4v) is 2.96. The Labute approximate surface area is 134 Å². The van der Waals surface area contributed by atoms with Crippen LogP contribution in [0.25, 0.3) is 22.3 Å². The van der Waals surface area contributed by atoms with Gasteiger partial charge in [0.25, 0.3) is 0 Å². The summed E-state index contributed by atoms with van der Waals surface area (Å²) in [7, 11) is 0. The molecule has 0 saturated carbocycles. The Kier molecular flexibility index (Phi) is 4.32. The van der Waals surface area contributed by atoms with Crippen LogP contribution in [-0.4, -0.2) is 10.8 Å². The van der Waals surface area contributed by atoms with E-state index in [1.807, 2.05) is 24.3 Å². The van der Waals surface area contributed by atoms with E-state index in [-0.39, 0.29) is 0 Å². The minimum absolute atomic E-state index is 0.861. The first-order valence-electron chi connectivity index (χ1n) is 7.24. The second kappa shape index (κ2) is 6.39. The maximum Gasteiger partial charge on any atom is 0.152 e. The Morgan fingerprint density at radius 2 is 0.909 bits per heavy atom. The molecule has 0 saturated heterocycles. The summed E-state index contributed by atoms with van der Waals surface area (Å²) >= 11 is -0.924. The third kappa shape index (κ3) is 3.24. The van der Waals surface area contributed by atoms with E-state index in [2.05, 4.69) is 55.5 Å². The molecule has 3 aromatic rings. The van der Waals surface area contributed by atoms with E-state index in [0.29, 0.717) is 0 Å². The summed E-state index contributed by atoms with van der Waals surface area (Å²) in [5.74, 6) is 0. The molecule has 0 heterocycles. The lowest BCUT2D eigenvalue weighted by molar-refractivity contribution is 0.601. The van der Waals surface area contributed by atoms with Crippen molar-refractivity contribution in [1.82, 2.24) is 0 Å². The van der Waals surface area contributed by atoms with Crippen LogP contribution < -0.4 is 0 Å². The predicted molar refractivity (Wildman–Crippen MR) is 94.4 cm³/mol. The summed E-state index contributed by atoms with van der Waals surface area (Å²) < 4.78 is 11.4. The lowest BCUT2D eigenvalue weighted by Gasteiger charge is -2.07. The lowest BCUT2D eigenvalue weighted by Crippen LogP contribution is -1.96. The Hall–Kier alpha value is -2.03. The van der Waals surface area contributed by atoms with Gasteiger partial charge in [-0.2, -0.15) is 0 Å². The molecule has 1 atom stereocenters. The third-order valence-corrected chi connectivity index (χ3v) is 4.73. The van der Waals surface area contributed by atoms with E-state index in [1.165, 1.54) is 22.3 Å². The van der Waals surface area contributed by atoms with E-state index in [4.69, 9.17) is 0 Å². The maximum absolute atomic E-state index is 11.4. The molecule has 0 bridgehead atoms. The maximum atomic E-state index is 11.4. The van der Waals surface area contributed by atoms with Crippen LogP contribution >= 0.6 is 0 Å². The molecule has 0 aliphatic rings. The largest absolute Gasteiger partial charge is 0.612 e. The van der Waals surface area contributed by atoms with Crippen molar-refractivity contribution in [1.29, 1.82) is 0 Å². The molecule has 1 nitrogen and oxygen atoms in total. The number of rotatable bonds is 3. The minimum Gasteiger partial charge on any atom is -0.612 e. The second-order valence-corrected chi connectivity index (χ2v) is 6.80. The monoisotopic (exact) mass is 306 g/mol. The summed E-state index contributed by atoms with van der Waals surface area (Å²) in [6.07, 6.45) is 1.70. The van der Waals surface area contributed by atoms with Crippen LogP contribution in [-0.2, 0) is 11.2 Å². The highest BCUT2D eigenvalue weighted by Gasteiger charge is 2.05. The molecule has 3 aromatic carbocycles. The van der Waals surface area contributed by atoms with Crippen LogP contribution in [0.4, 0.5) is 0 Å². The summed E-state index contributed by atoms with van der Waals surface area (Å²) in [4.78, 5) is 0.861. The molecule has 0 spiro atoms. The fourth-order valence-electron chi connectivity index (χ4n) is 2.44. The zero-order valence-electron chi connectivity index (χ0n) is 12.7. The van der Waals surface area contributed by atoms with Crippen LogP contribution in [0, 0.1) is 6.92 Å². The van der Waals surface area contributed by atoms with Gasteiger partial charge in [0, 0.05) is 0 Å². The summed E-state index contributed by atoms with van der Waals surface area (Å²) in [5.41, 5.74) is 6.03. The van der Waals surface area contributed by atoms with Gasteiger partial charge in [0.2, 0.25) is 0 Å². The Morgan fingerprint density at radius 1 is 0.591 bits per heavy atom. The average molecular weight is 306 g/mol. The van der Waals surface area contributed by atoms with E-state index in [9.17, 15) is 4.55 Å². The van der Waals surface area contributed by atoms with Gasteiger partial charge in [0.05, 0.1) is 0 Å². The molecule has 2 heteroatoms. The molecule has 1 unspecified atom stereocenters. The Bertz CT molecular complexity index is 741. The molecular formula is C20H18OS. The van der Waals surface area contributed by atoms with Crippen molar-refractivity contribution in [3.05, 3.63) is 78.4 Å².